The molecule has 1 heterocycles. The van der Waals surface area contributed by atoms with Gasteiger partial charge in [0, 0.05) is 32.7 Å². The molecule has 1 atom stereocenters. The first-order valence-corrected chi connectivity index (χ1v) is 7.07. The fourth-order valence-corrected chi connectivity index (χ4v) is 2.72. The van der Waals surface area contributed by atoms with Crippen LogP contribution in [0.15, 0.2) is 0 Å². The molecule has 2 aliphatic rings. The molecule has 1 unspecified atom stereocenters. The van der Waals surface area contributed by atoms with Crippen LogP contribution in [0.2, 0.25) is 0 Å². The van der Waals surface area contributed by atoms with E-state index in [2.05, 4.69) is 10.2 Å². The summed E-state index contributed by atoms with van der Waals surface area (Å²) in [4.78, 5) is 2.31. The number of hydrogen-bond acceptors (Lipinski definition) is 4. The Kier molecular flexibility index (Phi) is 11.4. The number of aliphatic hydroxyl groups is 1. The number of ether oxygens (including phenoxy) is 1. The van der Waals surface area contributed by atoms with E-state index in [9.17, 15) is 5.11 Å². The van der Waals surface area contributed by atoms with Crippen LogP contribution >= 0.6 is 24.8 Å². The first-order valence-electron chi connectivity index (χ1n) is 7.07. The Bertz CT molecular complexity index is 211. The highest BCUT2D eigenvalue weighted by Gasteiger charge is 2.18. The minimum absolute atomic E-state index is 0. The largest absolute Gasteiger partial charge is 0.389 e. The number of hydrogen-bond donors (Lipinski definition) is 2. The van der Waals surface area contributed by atoms with Gasteiger partial charge in [0.25, 0.3) is 0 Å². The van der Waals surface area contributed by atoms with Crippen LogP contribution in [-0.4, -0.2) is 61.5 Å². The van der Waals surface area contributed by atoms with Crippen molar-refractivity contribution in [3.8, 4) is 0 Å². The summed E-state index contributed by atoms with van der Waals surface area (Å²) >= 11 is 0. The van der Waals surface area contributed by atoms with E-state index in [0.717, 1.165) is 32.7 Å². The van der Waals surface area contributed by atoms with E-state index in [1.807, 2.05) is 0 Å². The van der Waals surface area contributed by atoms with Crippen LogP contribution in [0.5, 0.6) is 0 Å². The molecule has 1 saturated carbocycles. The van der Waals surface area contributed by atoms with Crippen molar-refractivity contribution in [1.82, 2.24) is 10.2 Å². The first kappa shape index (κ1) is 19.4. The lowest BCUT2D eigenvalue weighted by Gasteiger charge is -2.30. The Morgan fingerprint density at radius 1 is 1.11 bits per heavy atom. The Balaban J connectivity index is 0.00000162. The predicted octanol–water partition coefficient (Wildman–Crippen LogP) is 1.45. The van der Waals surface area contributed by atoms with Gasteiger partial charge in [-0.25, -0.2) is 0 Å². The second kappa shape index (κ2) is 11.1. The van der Waals surface area contributed by atoms with Crippen LogP contribution in [0.4, 0.5) is 0 Å². The topological polar surface area (TPSA) is 44.7 Å². The third-order valence-corrected chi connectivity index (χ3v) is 3.76. The van der Waals surface area contributed by atoms with Crippen LogP contribution in [0, 0.1) is 0 Å². The summed E-state index contributed by atoms with van der Waals surface area (Å²) in [6.45, 7) is 5.43. The van der Waals surface area contributed by atoms with Crippen LogP contribution < -0.4 is 5.32 Å². The third kappa shape index (κ3) is 7.69. The highest BCUT2D eigenvalue weighted by atomic mass is 35.5. The van der Waals surface area contributed by atoms with Crippen molar-refractivity contribution in [2.24, 2.45) is 0 Å². The number of aliphatic hydroxyl groups excluding tert-OH is 1. The molecule has 2 rings (SSSR count). The first-order chi connectivity index (χ1) is 8.34. The summed E-state index contributed by atoms with van der Waals surface area (Å²) in [6, 6.07) is 0. The number of piperazine rings is 1. The molecule has 19 heavy (non-hydrogen) atoms. The maximum atomic E-state index is 9.94. The molecule has 0 radical (unpaired) electrons. The molecule has 0 aromatic carbocycles. The van der Waals surface area contributed by atoms with Gasteiger partial charge in [0.1, 0.15) is 0 Å². The van der Waals surface area contributed by atoms with Crippen LogP contribution in [0.1, 0.15) is 32.1 Å². The highest BCUT2D eigenvalue weighted by Crippen LogP contribution is 2.20. The standard InChI is InChI=1S/C13H26N2O2.2ClH/c16-12(10-15-8-6-14-7-9-15)11-17-13-4-2-1-3-5-13;;/h12-14,16H,1-11H2;2*1H. The van der Waals surface area contributed by atoms with Gasteiger partial charge in [0.2, 0.25) is 0 Å². The van der Waals surface area contributed by atoms with Gasteiger partial charge in [-0.2, -0.15) is 0 Å². The lowest BCUT2D eigenvalue weighted by Crippen LogP contribution is -2.47. The fraction of sp³-hybridized carbons (Fsp3) is 1.00. The number of β-amino-alcohol motifs (C(OH)–C–C–N with tert-alkyl or cyclic N) is 1. The van der Waals surface area contributed by atoms with Gasteiger partial charge in [-0.3, -0.25) is 4.90 Å². The van der Waals surface area contributed by atoms with Crippen molar-refractivity contribution >= 4 is 24.8 Å². The zero-order valence-electron chi connectivity index (χ0n) is 11.6. The summed E-state index contributed by atoms with van der Waals surface area (Å²) in [5.41, 5.74) is 0. The normalized spacial score (nSPS) is 23.2. The average molecular weight is 315 g/mol. The minimum atomic E-state index is -0.324. The minimum Gasteiger partial charge on any atom is -0.389 e. The molecular weight excluding hydrogens is 287 g/mol. The number of rotatable bonds is 5. The SMILES string of the molecule is Cl.Cl.OC(COC1CCCCC1)CN1CCNCC1. The molecule has 2 N–H and O–H groups in total. The van der Waals surface area contributed by atoms with E-state index >= 15 is 0 Å². The molecule has 116 valence electrons. The van der Waals surface area contributed by atoms with Gasteiger partial charge in [-0.15, -0.1) is 24.8 Å². The van der Waals surface area contributed by atoms with E-state index in [4.69, 9.17) is 4.74 Å². The average Bonchev–Trinajstić information content (AvgIpc) is 2.39. The summed E-state index contributed by atoms with van der Waals surface area (Å²) in [7, 11) is 0. The lowest BCUT2D eigenvalue weighted by molar-refractivity contribution is -0.0340. The van der Waals surface area contributed by atoms with Gasteiger partial charge in [-0.1, -0.05) is 19.3 Å². The molecule has 0 aromatic heterocycles. The van der Waals surface area contributed by atoms with Crippen molar-refractivity contribution in [3.63, 3.8) is 0 Å². The number of nitrogens with zero attached hydrogens (tertiary/aromatic N) is 1. The monoisotopic (exact) mass is 314 g/mol. The van der Waals surface area contributed by atoms with Crippen molar-refractivity contribution in [2.45, 2.75) is 44.3 Å². The molecule has 2 fully saturated rings. The van der Waals surface area contributed by atoms with E-state index in [-0.39, 0.29) is 30.9 Å². The molecular formula is C13H28Cl2N2O2. The van der Waals surface area contributed by atoms with Gasteiger partial charge in [-0.05, 0) is 12.8 Å². The fourth-order valence-electron chi connectivity index (χ4n) is 2.72. The highest BCUT2D eigenvalue weighted by molar-refractivity contribution is 5.85. The van der Waals surface area contributed by atoms with Crippen LogP contribution in [-0.2, 0) is 4.74 Å². The molecule has 6 heteroatoms. The zero-order chi connectivity index (χ0) is 11.9. The summed E-state index contributed by atoms with van der Waals surface area (Å²) in [5.74, 6) is 0. The van der Waals surface area contributed by atoms with Gasteiger partial charge in [0.15, 0.2) is 0 Å². The zero-order valence-corrected chi connectivity index (χ0v) is 13.2. The van der Waals surface area contributed by atoms with Crippen LogP contribution in [0.3, 0.4) is 0 Å². The molecule has 1 aliphatic heterocycles. The quantitative estimate of drug-likeness (QED) is 0.806. The smallest absolute Gasteiger partial charge is 0.0900 e. The summed E-state index contributed by atoms with van der Waals surface area (Å²) < 4.78 is 5.79. The van der Waals surface area contributed by atoms with Crippen LogP contribution in [0.25, 0.3) is 0 Å². The van der Waals surface area contributed by atoms with Crippen molar-refractivity contribution in [2.75, 3.05) is 39.3 Å². The molecule has 0 bridgehead atoms. The molecule has 0 aromatic rings. The number of halogens is 2. The van der Waals surface area contributed by atoms with Gasteiger partial charge < -0.3 is 15.2 Å². The second-order valence-electron chi connectivity index (χ2n) is 5.30. The Hall–Kier alpha value is 0.420. The Labute approximate surface area is 129 Å². The number of nitrogens with one attached hydrogen (secondary N) is 1. The van der Waals surface area contributed by atoms with Gasteiger partial charge >= 0.3 is 0 Å². The van der Waals surface area contributed by atoms with Gasteiger partial charge in [0.05, 0.1) is 18.8 Å². The van der Waals surface area contributed by atoms with Crippen molar-refractivity contribution in [3.05, 3.63) is 0 Å². The third-order valence-electron chi connectivity index (χ3n) is 3.76. The van der Waals surface area contributed by atoms with Crippen molar-refractivity contribution in [1.29, 1.82) is 0 Å². The summed E-state index contributed by atoms with van der Waals surface area (Å²) in [5, 5.41) is 13.3. The Morgan fingerprint density at radius 3 is 2.37 bits per heavy atom. The second-order valence-corrected chi connectivity index (χ2v) is 5.30. The summed E-state index contributed by atoms with van der Waals surface area (Å²) in [6.07, 6.45) is 6.37. The van der Waals surface area contributed by atoms with E-state index in [1.54, 1.807) is 0 Å². The lowest BCUT2D eigenvalue weighted by atomic mass is 9.98. The molecule has 0 spiro atoms. The van der Waals surface area contributed by atoms with E-state index < -0.39 is 0 Å². The maximum Gasteiger partial charge on any atom is 0.0900 e. The maximum absolute atomic E-state index is 9.94. The molecule has 1 saturated heterocycles. The molecule has 4 nitrogen and oxygen atoms in total. The molecule has 0 amide bonds. The van der Waals surface area contributed by atoms with Crippen molar-refractivity contribution < 1.29 is 9.84 Å². The predicted molar refractivity (Wildman–Crippen MR) is 82.6 cm³/mol. The van der Waals surface area contributed by atoms with E-state index in [0.29, 0.717) is 12.7 Å². The Morgan fingerprint density at radius 2 is 1.74 bits per heavy atom. The van der Waals surface area contributed by atoms with E-state index in [1.165, 1.54) is 32.1 Å². The molecule has 1 aliphatic carbocycles.